The molecule has 7 heteroatoms. The second kappa shape index (κ2) is 7.97. The van der Waals surface area contributed by atoms with Crippen LogP contribution in [0.4, 0.5) is 0 Å². The maximum atomic E-state index is 13.2. The molecule has 2 aromatic carbocycles. The SMILES string of the molecule is CCCC(=O)c1ccc2c(c1)c1cccc3c(=O)n(CCN(C)C)c(=O)n2c31.Cl. The van der Waals surface area contributed by atoms with Crippen molar-refractivity contribution >= 4 is 45.4 Å². The number of hydrogen-bond donors (Lipinski definition) is 0. The van der Waals surface area contributed by atoms with Gasteiger partial charge in [0, 0.05) is 35.8 Å². The first-order valence-corrected chi connectivity index (χ1v) is 9.55. The molecule has 0 spiro atoms. The largest absolute Gasteiger partial charge is 0.336 e. The van der Waals surface area contributed by atoms with Gasteiger partial charge in [0.25, 0.3) is 5.56 Å². The summed E-state index contributed by atoms with van der Waals surface area (Å²) in [6.45, 7) is 2.90. The molecule has 6 nitrogen and oxygen atoms in total. The number of carbonyl (C=O) groups excluding carboxylic acids is 1. The zero-order valence-electron chi connectivity index (χ0n) is 16.8. The summed E-state index contributed by atoms with van der Waals surface area (Å²) in [7, 11) is 3.82. The van der Waals surface area contributed by atoms with Gasteiger partial charge in [-0.1, -0.05) is 19.1 Å². The third-order valence-corrected chi connectivity index (χ3v) is 5.25. The summed E-state index contributed by atoms with van der Waals surface area (Å²) < 4.78 is 2.92. The van der Waals surface area contributed by atoms with Gasteiger partial charge in [0.15, 0.2) is 5.78 Å². The molecule has 0 aliphatic rings. The molecule has 0 aliphatic heterocycles. The average Bonchev–Trinajstić information content (AvgIpc) is 3.01. The van der Waals surface area contributed by atoms with Crippen LogP contribution in [-0.4, -0.2) is 40.3 Å². The van der Waals surface area contributed by atoms with Crippen molar-refractivity contribution in [3.8, 4) is 0 Å². The number of ketones is 1. The topological polar surface area (TPSA) is 63.8 Å². The lowest BCUT2D eigenvalue weighted by Crippen LogP contribution is -2.39. The van der Waals surface area contributed by atoms with Crippen molar-refractivity contribution < 1.29 is 4.79 Å². The highest BCUT2D eigenvalue weighted by Crippen LogP contribution is 2.30. The Labute approximate surface area is 174 Å². The summed E-state index contributed by atoms with van der Waals surface area (Å²) in [5, 5.41) is 2.18. The van der Waals surface area contributed by atoms with E-state index in [-0.39, 0.29) is 29.4 Å². The third kappa shape index (κ3) is 3.32. The Bertz CT molecular complexity index is 1320. The first-order chi connectivity index (χ1) is 13.4. The number of rotatable bonds is 6. The van der Waals surface area contributed by atoms with Gasteiger partial charge in [0.1, 0.15) is 0 Å². The smallest absolute Gasteiger partial charge is 0.308 e. The minimum Gasteiger partial charge on any atom is -0.308 e. The van der Waals surface area contributed by atoms with E-state index in [2.05, 4.69) is 0 Å². The molecule has 0 fully saturated rings. The molecule has 2 aromatic heterocycles. The Morgan fingerprint density at radius 1 is 1.03 bits per heavy atom. The average molecular weight is 414 g/mol. The van der Waals surface area contributed by atoms with Crippen LogP contribution in [0.3, 0.4) is 0 Å². The Balaban J connectivity index is 0.00000240. The molecule has 0 bridgehead atoms. The van der Waals surface area contributed by atoms with Gasteiger partial charge >= 0.3 is 5.69 Å². The number of aromatic nitrogens is 2. The van der Waals surface area contributed by atoms with Crippen LogP contribution in [0.25, 0.3) is 27.2 Å². The number of hydrogen-bond acceptors (Lipinski definition) is 4. The van der Waals surface area contributed by atoms with Crippen molar-refractivity contribution in [2.24, 2.45) is 0 Å². The first kappa shape index (κ1) is 21.0. The minimum absolute atomic E-state index is 0. The fourth-order valence-corrected chi connectivity index (χ4v) is 3.84. The zero-order valence-corrected chi connectivity index (χ0v) is 17.6. The van der Waals surface area contributed by atoms with E-state index in [0.717, 1.165) is 22.7 Å². The lowest BCUT2D eigenvalue weighted by atomic mass is 10.0. The van der Waals surface area contributed by atoms with Crippen molar-refractivity contribution in [1.29, 1.82) is 0 Å². The number of likely N-dealkylation sites (N-methyl/N-ethyl adjacent to an activating group) is 1. The summed E-state index contributed by atoms with van der Waals surface area (Å²) in [5.41, 5.74) is 1.39. The van der Waals surface area contributed by atoms with E-state index in [1.807, 2.05) is 50.2 Å². The Morgan fingerprint density at radius 2 is 1.76 bits per heavy atom. The number of halogens is 1. The maximum Gasteiger partial charge on any atom is 0.336 e. The monoisotopic (exact) mass is 413 g/mol. The molecule has 4 rings (SSSR count). The van der Waals surface area contributed by atoms with Gasteiger partial charge in [0.05, 0.1) is 16.4 Å². The summed E-state index contributed by atoms with van der Waals surface area (Å²) in [6.07, 6.45) is 1.28. The van der Waals surface area contributed by atoms with Crippen molar-refractivity contribution in [2.75, 3.05) is 20.6 Å². The Hall–Kier alpha value is -2.70. The van der Waals surface area contributed by atoms with Gasteiger partial charge in [-0.15, -0.1) is 12.4 Å². The van der Waals surface area contributed by atoms with E-state index < -0.39 is 0 Å². The van der Waals surface area contributed by atoms with E-state index in [9.17, 15) is 14.4 Å². The molecule has 0 N–H and O–H groups in total. The van der Waals surface area contributed by atoms with Crippen molar-refractivity contribution in [3.63, 3.8) is 0 Å². The summed E-state index contributed by atoms with van der Waals surface area (Å²) in [4.78, 5) is 40.5. The standard InChI is InChI=1S/C22H23N3O3.ClH/c1-4-6-19(26)14-9-10-18-17(13-14)15-7-5-8-16-20(15)25(18)22(28)24(21(16)27)12-11-23(2)3;/h5,7-10,13H,4,6,11-12H2,1-3H3;1H. The normalized spacial score (nSPS) is 11.6. The van der Waals surface area contributed by atoms with Crippen LogP contribution >= 0.6 is 12.4 Å². The van der Waals surface area contributed by atoms with Gasteiger partial charge in [-0.05, 0) is 44.8 Å². The molecule has 0 saturated carbocycles. The molecule has 0 amide bonds. The number of carbonyl (C=O) groups is 1. The molecule has 0 saturated heterocycles. The van der Waals surface area contributed by atoms with Gasteiger partial charge in [-0.2, -0.15) is 0 Å². The second-order valence-corrected chi connectivity index (χ2v) is 7.48. The number of benzene rings is 2. The van der Waals surface area contributed by atoms with Crippen LogP contribution in [0.15, 0.2) is 46.0 Å². The minimum atomic E-state index is -0.335. The second-order valence-electron chi connectivity index (χ2n) is 7.48. The van der Waals surface area contributed by atoms with E-state index >= 15 is 0 Å². The highest BCUT2D eigenvalue weighted by molar-refractivity contribution is 6.15. The summed E-state index contributed by atoms with van der Waals surface area (Å²) in [5.74, 6) is 0.0892. The van der Waals surface area contributed by atoms with Gasteiger partial charge < -0.3 is 4.90 Å². The highest BCUT2D eigenvalue weighted by Gasteiger charge is 2.19. The zero-order chi connectivity index (χ0) is 20.0. The van der Waals surface area contributed by atoms with E-state index in [4.69, 9.17) is 0 Å². The lowest BCUT2D eigenvalue weighted by Gasteiger charge is -2.12. The maximum absolute atomic E-state index is 13.2. The molecule has 0 radical (unpaired) electrons. The molecular weight excluding hydrogens is 390 g/mol. The Kier molecular flexibility index (Phi) is 5.78. The van der Waals surface area contributed by atoms with Crippen LogP contribution in [0.1, 0.15) is 30.1 Å². The third-order valence-electron chi connectivity index (χ3n) is 5.25. The van der Waals surface area contributed by atoms with Gasteiger partial charge in [-0.3, -0.25) is 18.6 Å². The quantitative estimate of drug-likeness (QED) is 0.455. The van der Waals surface area contributed by atoms with Crippen molar-refractivity contribution in [3.05, 3.63) is 62.8 Å². The van der Waals surface area contributed by atoms with Gasteiger partial charge in [0.2, 0.25) is 0 Å². The van der Waals surface area contributed by atoms with E-state index in [1.165, 1.54) is 4.57 Å². The molecule has 0 aliphatic carbocycles. The Morgan fingerprint density at radius 3 is 2.45 bits per heavy atom. The van der Waals surface area contributed by atoms with Crippen LogP contribution < -0.4 is 11.2 Å². The highest BCUT2D eigenvalue weighted by atomic mass is 35.5. The van der Waals surface area contributed by atoms with Crippen LogP contribution in [0.5, 0.6) is 0 Å². The van der Waals surface area contributed by atoms with E-state index in [1.54, 1.807) is 16.5 Å². The van der Waals surface area contributed by atoms with Crippen molar-refractivity contribution in [2.45, 2.75) is 26.3 Å². The fourth-order valence-electron chi connectivity index (χ4n) is 3.84. The number of para-hydroxylation sites is 1. The molecule has 4 aromatic rings. The van der Waals surface area contributed by atoms with Crippen LogP contribution in [0.2, 0.25) is 0 Å². The predicted octanol–water partition coefficient (Wildman–Crippen LogP) is 3.17. The molecule has 29 heavy (non-hydrogen) atoms. The van der Waals surface area contributed by atoms with Crippen LogP contribution in [-0.2, 0) is 6.54 Å². The molecule has 2 heterocycles. The molecule has 0 atom stereocenters. The van der Waals surface area contributed by atoms with Gasteiger partial charge in [-0.25, -0.2) is 4.79 Å². The summed E-state index contributed by atoms with van der Waals surface area (Å²) in [6, 6.07) is 10.9. The number of Topliss-reactive ketones (excluding diaryl/α,β-unsaturated/α-hetero) is 1. The fraction of sp³-hybridized carbons (Fsp3) is 0.318. The predicted molar refractivity (Wildman–Crippen MR) is 119 cm³/mol. The molecule has 152 valence electrons. The van der Waals surface area contributed by atoms with E-state index in [0.29, 0.717) is 36.0 Å². The number of nitrogens with zero attached hydrogens (tertiary/aromatic N) is 3. The van der Waals surface area contributed by atoms with Crippen molar-refractivity contribution in [1.82, 2.24) is 13.9 Å². The lowest BCUT2D eigenvalue weighted by molar-refractivity contribution is 0.0982. The summed E-state index contributed by atoms with van der Waals surface area (Å²) >= 11 is 0. The first-order valence-electron chi connectivity index (χ1n) is 9.55. The molecule has 0 unspecified atom stereocenters. The molecular formula is C22H24ClN3O3. The van der Waals surface area contributed by atoms with Crippen LogP contribution in [0, 0.1) is 0 Å². The number of fused-ring (bicyclic) bond motifs is 3.